The number of amides is 1. The number of aliphatic hydroxyl groups excluding tert-OH is 1. The Morgan fingerprint density at radius 1 is 1.47 bits per heavy atom. The van der Waals surface area contributed by atoms with Crippen molar-refractivity contribution in [3.63, 3.8) is 0 Å². The Balaban J connectivity index is 2.16. The molecule has 2 atom stereocenters. The fourth-order valence-electron chi connectivity index (χ4n) is 2.53. The van der Waals surface area contributed by atoms with Gasteiger partial charge in [-0.25, -0.2) is 0 Å². The summed E-state index contributed by atoms with van der Waals surface area (Å²) in [6.07, 6.45) is 0.762. The molecule has 19 heavy (non-hydrogen) atoms. The Hall–Kier alpha value is -1.39. The average molecular weight is 263 g/mol. The summed E-state index contributed by atoms with van der Waals surface area (Å²) in [4.78, 5) is 14.4. The summed E-state index contributed by atoms with van der Waals surface area (Å²) in [5.41, 5.74) is 1.04. The van der Waals surface area contributed by atoms with Gasteiger partial charge in [-0.05, 0) is 12.0 Å². The Morgan fingerprint density at radius 2 is 2.21 bits per heavy atom. The highest BCUT2D eigenvalue weighted by Gasteiger charge is 2.31. The van der Waals surface area contributed by atoms with Gasteiger partial charge in [0, 0.05) is 6.54 Å². The monoisotopic (exact) mass is 263 g/mol. The minimum Gasteiger partial charge on any atom is -0.394 e. The lowest BCUT2D eigenvalue weighted by Crippen LogP contribution is -2.51. The summed E-state index contributed by atoms with van der Waals surface area (Å²) in [7, 11) is 0. The fourth-order valence-corrected chi connectivity index (χ4v) is 2.53. The fraction of sp³-hybridized carbons (Fsp3) is 0.533. The van der Waals surface area contributed by atoms with Crippen LogP contribution in [0, 0.1) is 0 Å². The predicted octanol–water partition coefficient (Wildman–Crippen LogP) is 1.40. The van der Waals surface area contributed by atoms with E-state index in [1.165, 1.54) is 0 Å². The van der Waals surface area contributed by atoms with Crippen LogP contribution in [0.1, 0.15) is 24.8 Å². The van der Waals surface area contributed by atoms with Crippen LogP contribution in [-0.4, -0.2) is 48.3 Å². The number of benzene rings is 1. The van der Waals surface area contributed by atoms with Crippen LogP contribution in [-0.2, 0) is 9.53 Å². The van der Waals surface area contributed by atoms with E-state index in [1.54, 1.807) is 4.90 Å². The molecule has 1 saturated heterocycles. The molecule has 1 aliphatic rings. The number of aliphatic hydroxyl groups is 1. The maximum atomic E-state index is 12.7. The summed E-state index contributed by atoms with van der Waals surface area (Å²) >= 11 is 0. The molecule has 4 heteroatoms. The molecule has 1 heterocycles. The maximum Gasteiger partial charge on any atom is 0.230 e. The summed E-state index contributed by atoms with van der Waals surface area (Å²) in [5.74, 6) is -0.0376. The number of carbonyl (C=O) groups is 1. The highest BCUT2D eigenvalue weighted by molar-refractivity contribution is 5.84. The number of morpholine rings is 1. The molecule has 1 fully saturated rings. The van der Waals surface area contributed by atoms with Crippen molar-refractivity contribution in [2.45, 2.75) is 25.3 Å². The third-order valence-electron chi connectivity index (χ3n) is 3.63. The minimum absolute atomic E-state index is 0.0447. The smallest absolute Gasteiger partial charge is 0.230 e. The van der Waals surface area contributed by atoms with Crippen LogP contribution in [0.5, 0.6) is 0 Å². The van der Waals surface area contributed by atoms with Crippen LogP contribution >= 0.6 is 0 Å². The van der Waals surface area contributed by atoms with Gasteiger partial charge < -0.3 is 14.7 Å². The van der Waals surface area contributed by atoms with E-state index in [0.717, 1.165) is 12.0 Å². The van der Waals surface area contributed by atoms with Crippen LogP contribution in [0.3, 0.4) is 0 Å². The van der Waals surface area contributed by atoms with Gasteiger partial charge in [0.15, 0.2) is 0 Å². The molecule has 1 amide bonds. The molecule has 0 aliphatic carbocycles. The molecule has 1 N–H and O–H groups in total. The van der Waals surface area contributed by atoms with Gasteiger partial charge in [0.2, 0.25) is 5.91 Å². The molecule has 1 aromatic rings. The molecule has 0 unspecified atom stereocenters. The van der Waals surface area contributed by atoms with Gasteiger partial charge in [-0.15, -0.1) is 0 Å². The van der Waals surface area contributed by atoms with Crippen LogP contribution in [0.4, 0.5) is 0 Å². The normalized spacial score (nSPS) is 21.2. The highest BCUT2D eigenvalue weighted by atomic mass is 16.5. The number of hydrogen-bond donors (Lipinski definition) is 1. The van der Waals surface area contributed by atoms with E-state index in [0.29, 0.717) is 19.8 Å². The minimum atomic E-state index is -0.209. The zero-order chi connectivity index (χ0) is 13.7. The van der Waals surface area contributed by atoms with E-state index in [2.05, 4.69) is 0 Å². The lowest BCUT2D eigenvalue weighted by molar-refractivity contribution is -0.143. The van der Waals surface area contributed by atoms with E-state index in [-0.39, 0.29) is 24.5 Å². The number of ether oxygens (including phenoxy) is 1. The van der Waals surface area contributed by atoms with Crippen molar-refractivity contribution in [3.8, 4) is 0 Å². The number of carbonyl (C=O) groups excluding carboxylic acids is 1. The first-order valence-electron chi connectivity index (χ1n) is 6.82. The second-order valence-electron chi connectivity index (χ2n) is 4.81. The number of hydrogen-bond acceptors (Lipinski definition) is 3. The molecule has 1 aromatic carbocycles. The van der Waals surface area contributed by atoms with Crippen LogP contribution in [0.2, 0.25) is 0 Å². The molecule has 104 valence electrons. The van der Waals surface area contributed by atoms with Crippen LogP contribution < -0.4 is 0 Å². The molecule has 0 aromatic heterocycles. The molecule has 2 rings (SSSR count). The van der Waals surface area contributed by atoms with Crippen molar-refractivity contribution in [1.29, 1.82) is 0 Å². The van der Waals surface area contributed by atoms with E-state index >= 15 is 0 Å². The van der Waals surface area contributed by atoms with E-state index < -0.39 is 0 Å². The van der Waals surface area contributed by atoms with Gasteiger partial charge >= 0.3 is 0 Å². The van der Waals surface area contributed by atoms with Gasteiger partial charge in [-0.2, -0.15) is 0 Å². The first-order chi connectivity index (χ1) is 9.27. The van der Waals surface area contributed by atoms with E-state index in [4.69, 9.17) is 4.74 Å². The molecule has 1 aliphatic heterocycles. The maximum absolute atomic E-state index is 12.7. The van der Waals surface area contributed by atoms with Crippen molar-refractivity contribution >= 4 is 5.91 Å². The molecule has 0 saturated carbocycles. The zero-order valence-electron chi connectivity index (χ0n) is 11.3. The van der Waals surface area contributed by atoms with Crippen molar-refractivity contribution in [2.24, 2.45) is 0 Å². The quantitative estimate of drug-likeness (QED) is 0.893. The summed E-state index contributed by atoms with van der Waals surface area (Å²) in [6.45, 7) is 3.51. The topological polar surface area (TPSA) is 49.8 Å². The summed E-state index contributed by atoms with van der Waals surface area (Å²) in [5, 5.41) is 9.36. The molecular weight excluding hydrogens is 242 g/mol. The van der Waals surface area contributed by atoms with Crippen molar-refractivity contribution in [3.05, 3.63) is 35.9 Å². The Labute approximate surface area is 114 Å². The molecular formula is C15H21NO3. The molecule has 0 bridgehead atoms. The lowest BCUT2D eigenvalue weighted by Gasteiger charge is -2.36. The second kappa shape index (κ2) is 6.68. The van der Waals surface area contributed by atoms with Gasteiger partial charge in [-0.1, -0.05) is 37.3 Å². The average Bonchev–Trinajstić information content (AvgIpc) is 2.49. The van der Waals surface area contributed by atoms with Crippen molar-refractivity contribution in [1.82, 2.24) is 4.90 Å². The predicted molar refractivity (Wildman–Crippen MR) is 72.9 cm³/mol. The van der Waals surface area contributed by atoms with E-state index in [9.17, 15) is 9.90 Å². The first kappa shape index (κ1) is 14.0. The van der Waals surface area contributed by atoms with Crippen LogP contribution in [0.25, 0.3) is 0 Å². The molecule has 4 nitrogen and oxygen atoms in total. The van der Waals surface area contributed by atoms with Gasteiger partial charge in [0.05, 0.1) is 31.8 Å². The summed E-state index contributed by atoms with van der Waals surface area (Å²) < 4.78 is 5.32. The Bertz CT molecular complexity index is 407. The molecule has 0 spiro atoms. The Kier molecular flexibility index (Phi) is 4.93. The first-order valence-corrected chi connectivity index (χ1v) is 6.82. The third-order valence-corrected chi connectivity index (χ3v) is 3.63. The number of rotatable bonds is 4. The standard InChI is InChI=1S/C15H21NO3/c1-2-14(12-6-4-3-5-7-12)15(18)16-8-9-19-11-13(16)10-17/h3-7,13-14,17H,2,8-11H2,1H3/t13-,14-/m0/s1. The molecule has 0 radical (unpaired) electrons. The van der Waals surface area contributed by atoms with Gasteiger partial charge in [0.1, 0.15) is 0 Å². The zero-order valence-corrected chi connectivity index (χ0v) is 11.3. The Morgan fingerprint density at radius 3 is 2.84 bits per heavy atom. The SMILES string of the molecule is CC[C@H](C(=O)N1CCOC[C@@H]1CO)c1ccccc1. The lowest BCUT2D eigenvalue weighted by atomic mass is 9.94. The van der Waals surface area contributed by atoms with E-state index in [1.807, 2.05) is 37.3 Å². The largest absolute Gasteiger partial charge is 0.394 e. The van der Waals surface area contributed by atoms with Crippen molar-refractivity contribution in [2.75, 3.05) is 26.4 Å². The van der Waals surface area contributed by atoms with Gasteiger partial charge in [0.25, 0.3) is 0 Å². The van der Waals surface area contributed by atoms with Crippen LogP contribution in [0.15, 0.2) is 30.3 Å². The highest BCUT2D eigenvalue weighted by Crippen LogP contribution is 2.23. The van der Waals surface area contributed by atoms with Gasteiger partial charge in [-0.3, -0.25) is 4.79 Å². The number of nitrogens with zero attached hydrogens (tertiary/aromatic N) is 1. The second-order valence-corrected chi connectivity index (χ2v) is 4.81. The van der Waals surface area contributed by atoms with Crippen molar-refractivity contribution < 1.29 is 14.6 Å². The third kappa shape index (κ3) is 3.14. The summed E-state index contributed by atoms with van der Waals surface area (Å²) in [6, 6.07) is 9.62.